The van der Waals surface area contributed by atoms with E-state index < -0.39 is 5.60 Å². The van der Waals surface area contributed by atoms with Crippen LogP contribution in [-0.2, 0) is 0 Å². The predicted octanol–water partition coefficient (Wildman–Crippen LogP) is 1.24. The topological polar surface area (TPSA) is 23.5 Å². The summed E-state index contributed by atoms with van der Waals surface area (Å²) >= 11 is 0. The Bertz CT molecular complexity index is 123. The lowest BCUT2D eigenvalue weighted by Gasteiger charge is -2.18. The Morgan fingerprint density at radius 3 is 2.73 bits per heavy atom. The van der Waals surface area contributed by atoms with Gasteiger partial charge in [-0.3, -0.25) is 0 Å². The fourth-order valence-corrected chi connectivity index (χ4v) is 1.61. The number of hydrogen-bond donors (Lipinski definition) is 1. The van der Waals surface area contributed by atoms with Crippen LogP contribution in [0.3, 0.4) is 0 Å². The smallest absolute Gasteiger partial charge is 0.0758 e. The summed E-state index contributed by atoms with van der Waals surface area (Å²) < 4.78 is 0. The summed E-state index contributed by atoms with van der Waals surface area (Å²) in [4.78, 5) is 2.35. The van der Waals surface area contributed by atoms with Gasteiger partial charge in [0.1, 0.15) is 0 Å². The Balaban J connectivity index is 2.20. The molecule has 1 aliphatic rings. The molecule has 1 N–H and O–H groups in total. The molecule has 0 spiro atoms. The molecule has 0 bridgehead atoms. The average Bonchev–Trinajstić information content (AvgIpc) is 2.26. The maximum absolute atomic E-state index is 9.62. The van der Waals surface area contributed by atoms with E-state index in [1.165, 1.54) is 12.8 Å². The van der Waals surface area contributed by atoms with Gasteiger partial charge in [-0.05, 0) is 26.3 Å². The Morgan fingerprint density at radius 1 is 1.55 bits per heavy atom. The average molecular weight is 157 g/mol. The van der Waals surface area contributed by atoms with Crippen molar-refractivity contribution in [1.82, 2.24) is 4.90 Å². The van der Waals surface area contributed by atoms with Crippen molar-refractivity contribution < 1.29 is 5.11 Å². The van der Waals surface area contributed by atoms with Gasteiger partial charge in [0.05, 0.1) is 5.60 Å². The second kappa shape index (κ2) is 3.55. The molecule has 2 nitrogen and oxygen atoms in total. The highest BCUT2D eigenvalue weighted by Gasteiger charge is 2.30. The van der Waals surface area contributed by atoms with Crippen molar-refractivity contribution in [3.63, 3.8) is 0 Å². The molecule has 0 radical (unpaired) electrons. The summed E-state index contributed by atoms with van der Waals surface area (Å²) in [5.74, 6) is 0. The van der Waals surface area contributed by atoms with Gasteiger partial charge >= 0.3 is 0 Å². The van der Waals surface area contributed by atoms with Crippen molar-refractivity contribution in [2.75, 3.05) is 19.6 Å². The first-order valence-corrected chi connectivity index (χ1v) is 4.59. The molecule has 1 saturated heterocycles. The van der Waals surface area contributed by atoms with Gasteiger partial charge in [-0.2, -0.15) is 0 Å². The van der Waals surface area contributed by atoms with E-state index in [1.54, 1.807) is 0 Å². The van der Waals surface area contributed by atoms with Gasteiger partial charge < -0.3 is 10.0 Å². The van der Waals surface area contributed by atoms with E-state index in [-0.39, 0.29) is 0 Å². The second-order valence-corrected chi connectivity index (χ2v) is 3.88. The summed E-state index contributed by atoms with van der Waals surface area (Å²) in [6.45, 7) is 7.24. The lowest BCUT2D eigenvalue weighted by atomic mass is 10.1. The molecule has 0 aliphatic carbocycles. The molecular weight excluding hydrogens is 138 g/mol. The van der Waals surface area contributed by atoms with Crippen LogP contribution in [0.1, 0.15) is 33.1 Å². The number of unbranched alkanes of at least 4 members (excludes halogenated alkanes) is 1. The van der Waals surface area contributed by atoms with E-state index >= 15 is 0 Å². The van der Waals surface area contributed by atoms with E-state index in [9.17, 15) is 5.11 Å². The Labute approximate surface area is 69.2 Å². The first kappa shape index (κ1) is 9.01. The Morgan fingerprint density at radius 2 is 2.27 bits per heavy atom. The minimum atomic E-state index is -0.409. The maximum atomic E-state index is 9.62. The number of aliphatic hydroxyl groups is 1. The molecule has 0 aromatic rings. The van der Waals surface area contributed by atoms with Crippen LogP contribution in [0.2, 0.25) is 0 Å². The van der Waals surface area contributed by atoms with Crippen molar-refractivity contribution in [3.8, 4) is 0 Å². The van der Waals surface area contributed by atoms with Gasteiger partial charge in [-0.1, -0.05) is 13.3 Å². The van der Waals surface area contributed by atoms with Crippen LogP contribution < -0.4 is 0 Å². The summed E-state index contributed by atoms with van der Waals surface area (Å²) in [5.41, 5.74) is -0.409. The Kier molecular flexibility index (Phi) is 2.90. The van der Waals surface area contributed by atoms with E-state index in [0.29, 0.717) is 0 Å². The van der Waals surface area contributed by atoms with E-state index in [2.05, 4.69) is 11.8 Å². The van der Waals surface area contributed by atoms with Crippen LogP contribution in [0.15, 0.2) is 0 Å². The number of β-amino-alcohol motifs (C(OH)–C–C–N with tert-alkyl or cyclic N) is 1. The normalized spacial score (nSPS) is 33.0. The quantitative estimate of drug-likeness (QED) is 0.666. The number of hydrogen-bond acceptors (Lipinski definition) is 2. The molecule has 11 heavy (non-hydrogen) atoms. The third-order valence-electron chi connectivity index (χ3n) is 2.36. The zero-order valence-electron chi connectivity index (χ0n) is 7.64. The molecule has 1 aliphatic heterocycles. The minimum absolute atomic E-state index is 0.409. The van der Waals surface area contributed by atoms with Crippen LogP contribution in [0, 0.1) is 0 Å². The highest BCUT2D eigenvalue weighted by Crippen LogP contribution is 2.19. The third-order valence-corrected chi connectivity index (χ3v) is 2.36. The highest BCUT2D eigenvalue weighted by molar-refractivity contribution is 4.85. The van der Waals surface area contributed by atoms with Crippen LogP contribution in [-0.4, -0.2) is 35.2 Å². The number of nitrogens with zero attached hydrogens (tertiary/aromatic N) is 1. The second-order valence-electron chi connectivity index (χ2n) is 3.88. The fraction of sp³-hybridized carbons (Fsp3) is 1.00. The summed E-state index contributed by atoms with van der Waals surface area (Å²) in [6, 6.07) is 0. The zero-order chi connectivity index (χ0) is 8.32. The summed E-state index contributed by atoms with van der Waals surface area (Å²) in [7, 11) is 0. The molecule has 66 valence electrons. The number of likely N-dealkylation sites (tertiary alicyclic amines) is 1. The lowest BCUT2D eigenvalue weighted by molar-refractivity contribution is 0.0686. The molecule has 0 aromatic carbocycles. The molecule has 0 saturated carbocycles. The first-order chi connectivity index (χ1) is 5.14. The van der Waals surface area contributed by atoms with E-state index in [1.807, 2.05) is 6.92 Å². The molecular formula is C9H19NO. The van der Waals surface area contributed by atoms with Crippen molar-refractivity contribution in [1.29, 1.82) is 0 Å². The van der Waals surface area contributed by atoms with Crippen LogP contribution in [0.4, 0.5) is 0 Å². The van der Waals surface area contributed by atoms with Crippen molar-refractivity contribution >= 4 is 0 Å². The number of rotatable bonds is 3. The zero-order valence-corrected chi connectivity index (χ0v) is 7.64. The maximum Gasteiger partial charge on any atom is 0.0758 e. The largest absolute Gasteiger partial charge is 0.389 e. The third kappa shape index (κ3) is 2.80. The van der Waals surface area contributed by atoms with Gasteiger partial charge in [0.25, 0.3) is 0 Å². The van der Waals surface area contributed by atoms with Gasteiger partial charge in [0.15, 0.2) is 0 Å². The van der Waals surface area contributed by atoms with Gasteiger partial charge in [-0.15, -0.1) is 0 Å². The van der Waals surface area contributed by atoms with Crippen LogP contribution in [0.25, 0.3) is 0 Å². The Hall–Kier alpha value is -0.0800. The van der Waals surface area contributed by atoms with Gasteiger partial charge in [0.2, 0.25) is 0 Å². The first-order valence-electron chi connectivity index (χ1n) is 4.59. The van der Waals surface area contributed by atoms with E-state index in [0.717, 1.165) is 26.1 Å². The van der Waals surface area contributed by atoms with Gasteiger partial charge in [-0.25, -0.2) is 0 Å². The van der Waals surface area contributed by atoms with Crippen molar-refractivity contribution in [2.24, 2.45) is 0 Å². The van der Waals surface area contributed by atoms with Gasteiger partial charge in [0, 0.05) is 13.1 Å². The van der Waals surface area contributed by atoms with Crippen molar-refractivity contribution in [3.05, 3.63) is 0 Å². The standard InChI is InChI=1S/C9H19NO/c1-3-4-6-10-7-5-9(2,11)8-10/h11H,3-8H2,1-2H3. The monoisotopic (exact) mass is 157 g/mol. The summed E-state index contributed by atoms with van der Waals surface area (Å²) in [5, 5.41) is 9.62. The molecule has 0 aromatic heterocycles. The predicted molar refractivity (Wildman–Crippen MR) is 46.6 cm³/mol. The van der Waals surface area contributed by atoms with Crippen molar-refractivity contribution in [2.45, 2.75) is 38.7 Å². The molecule has 2 heteroatoms. The van der Waals surface area contributed by atoms with E-state index in [4.69, 9.17) is 0 Å². The molecule has 1 rings (SSSR count). The highest BCUT2D eigenvalue weighted by atomic mass is 16.3. The molecule has 1 fully saturated rings. The molecule has 1 unspecified atom stereocenters. The minimum Gasteiger partial charge on any atom is -0.389 e. The molecule has 1 atom stereocenters. The summed E-state index contributed by atoms with van der Waals surface area (Å²) in [6.07, 6.45) is 3.45. The molecule has 1 heterocycles. The van der Waals surface area contributed by atoms with Crippen LogP contribution in [0.5, 0.6) is 0 Å². The van der Waals surface area contributed by atoms with Crippen LogP contribution >= 0.6 is 0 Å². The SMILES string of the molecule is CCCCN1CCC(C)(O)C1. The fourth-order valence-electron chi connectivity index (χ4n) is 1.61. The molecule has 0 amide bonds. The lowest BCUT2D eigenvalue weighted by Crippen LogP contribution is -2.30.